The van der Waals surface area contributed by atoms with Crippen LogP contribution in [0.1, 0.15) is 11.1 Å². The lowest BCUT2D eigenvalue weighted by Crippen LogP contribution is -2.07. The van der Waals surface area contributed by atoms with Gasteiger partial charge < -0.3 is 20.1 Å². The lowest BCUT2D eigenvalue weighted by atomic mass is 10.1. The maximum atomic E-state index is 5.57. The van der Waals surface area contributed by atoms with E-state index in [1.54, 1.807) is 26.6 Å². The van der Waals surface area contributed by atoms with Gasteiger partial charge in [-0.15, -0.1) is 0 Å². The highest BCUT2D eigenvalue weighted by atomic mass is 16.5. The summed E-state index contributed by atoms with van der Waals surface area (Å²) in [7, 11) is 3.34. The number of anilines is 2. The Balaban J connectivity index is 1.76. The van der Waals surface area contributed by atoms with Crippen LogP contribution in [-0.2, 0) is 13.1 Å². The molecule has 2 N–H and O–H groups in total. The molecule has 0 aliphatic rings. The Kier molecular flexibility index (Phi) is 5.88. The van der Waals surface area contributed by atoms with Crippen molar-refractivity contribution in [2.75, 3.05) is 24.9 Å². The van der Waals surface area contributed by atoms with E-state index in [1.165, 1.54) is 0 Å². The van der Waals surface area contributed by atoms with Crippen molar-refractivity contribution in [1.82, 2.24) is 9.97 Å². The van der Waals surface area contributed by atoms with Crippen molar-refractivity contribution in [3.8, 4) is 11.5 Å². The summed E-state index contributed by atoms with van der Waals surface area (Å²) in [6, 6.07) is 15.5. The summed E-state index contributed by atoms with van der Waals surface area (Å²) in [4.78, 5) is 8.54. The van der Waals surface area contributed by atoms with Crippen LogP contribution in [0.15, 0.2) is 60.9 Å². The molecular formula is C20H22N4O2. The summed E-state index contributed by atoms with van der Waals surface area (Å²) in [5, 5.41) is 6.58. The molecule has 0 fully saturated rings. The summed E-state index contributed by atoms with van der Waals surface area (Å²) in [5.74, 6) is 3.22. The Labute approximate surface area is 153 Å². The Hall–Kier alpha value is -3.28. The summed E-state index contributed by atoms with van der Waals surface area (Å²) in [5.41, 5.74) is 1.99. The second kappa shape index (κ2) is 8.71. The summed E-state index contributed by atoms with van der Waals surface area (Å²) < 4.78 is 11.1. The zero-order chi connectivity index (χ0) is 18.2. The predicted molar refractivity (Wildman–Crippen MR) is 103 cm³/mol. The molecule has 0 atom stereocenters. The summed E-state index contributed by atoms with van der Waals surface area (Å²) >= 11 is 0. The molecule has 3 aromatic rings. The Morgan fingerprint density at radius 2 is 1.19 bits per heavy atom. The fourth-order valence-electron chi connectivity index (χ4n) is 2.61. The predicted octanol–water partition coefficient (Wildman–Crippen LogP) is 3.72. The average Bonchev–Trinajstić information content (AvgIpc) is 2.72. The number of benzene rings is 1. The Morgan fingerprint density at radius 3 is 1.54 bits per heavy atom. The van der Waals surface area contributed by atoms with Crippen molar-refractivity contribution in [2.45, 2.75) is 13.1 Å². The number of hydrogen-bond acceptors (Lipinski definition) is 6. The van der Waals surface area contributed by atoms with Crippen molar-refractivity contribution in [3.63, 3.8) is 0 Å². The van der Waals surface area contributed by atoms with Gasteiger partial charge in [-0.1, -0.05) is 12.1 Å². The van der Waals surface area contributed by atoms with Gasteiger partial charge in [0.1, 0.15) is 23.1 Å². The van der Waals surface area contributed by atoms with Crippen LogP contribution in [0.3, 0.4) is 0 Å². The second-order valence-electron chi connectivity index (χ2n) is 5.61. The van der Waals surface area contributed by atoms with E-state index in [2.05, 4.69) is 20.6 Å². The van der Waals surface area contributed by atoms with Crippen LogP contribution in [0.5, 0.6) is 11.5 Å². The number of hydrogen-bond donors (Lipinski definition) is 2. The first-order chi connectivity index (χ1) is 12.8. The molecule has 2 aromatic heterocycles. The number of ether oxygens (including phenoxy) is 2. The minimum atomic E-state index is 0.588. The number of nitrogens with zero attached hydrogens (tertiary/aromatic N) is 2. The lowest BCUT2D eigenvalue weighted by molar-refractivity contribution is 0.396. The van der Waals surface area contributed by atoms with Crippen molar-refractivity contribution in [3.05, 3.63) is 72.1 Å². The summed E-state index contributed by atoms with van der Waals surface area (Å²) in [6.45, 7) is 1.18. The molecule has 2 heterocycles. The van der Waals surface area contributed by atoms with E-state index in [1.807, 2.05) is 48.5 Å². The molecular weight excluding hydrogens is 328 g/mol. The maximum absolute atomic E-state index is 5.57. The van der Waals surface area contributed by atoms with Crippen molar-refractivity contribution in [2.24, 2.45) is 0 Å². The third-order valence-electron chi connectivity index (χ3n) is 3.93. The van der Waals surface area contributed by atoms with Crippen LogP contribution >= 0.6 is 0 Å². The van der Waals surface area contributed by atoms with Crippen molar-refractivity contribution in [1.29, 1.82) is 0 Å². The van der Waals surface area contributed by atoms with Gasteiger partial charge in [0.2, 0.25) is 0 Å². The molecule has 0 bridgehead atoms. The fraction of sp³-hybridized carbons (Fsp3) is 0.200. The van der Waals surface area contributed by atoms with E-state index in [-0.39, 0.29) is 0 Å². The summed E-state index contributed by atoms with van der Waals surface area (Å²) in [6.07, 6.45) is 3.51. The Bertz CT molecular complexity index is 755. The molecule has 0 amide bonds. The van der Waals surface area contributed by atoms with Crippen LogP contribution in [0.25, 0.3) is 0 Å². The SMILES string of the molecule is COc1cc(CNc2ccccn2)c(OC)cc1CNc1ccccn1. The molecule has 0 spiro atoms. The molecule has 6 nitrogen and oxygen atoms in total. The molecule has 1 aromatic carbocycles. The molecule has 3 rings (SSSR count). The first kappa shape index (κ1) is 17.5. The molecule has 0 saturated heterocycles. The van der Waals surface area contributed by atoms with Crippen LogP contribution in [-0.4, -0.2) is 24.2 Å². The first-order valence-electron chi connectivity index (χ1n) is 8.33. The zero-order valence-corrected chi connectivity index (χ0v) is 14.9. The van der Waals surface area contributed by atoms with Gasteiger partial charge in [0, 0.05) is 36.6 Å². The van der Waals surface area contributed by atoms with E-state index in [0.29, 0.717) is 13.1 Å². The van der Waals surface area contributed by atoms with Crippen LogP contribution < -0.4 is 20.1 Å². The molecule has 0 saturated carbocycles. The molecule has 0 unspecified atom stereocenters. The van der Waals surface area contributed by atoms with Gasteiger partial charge in [0.25, 0.3) is 0 Å². The van der Waals surface area contributed by atoms with E-state index >= 15 is 0 Å². The van der Waals surface area contributed by atoms with Gasteiger partial charge in [-0.25, -0.2) is 9.97 Å². The standard InChI is InChI=1S/C20H22N4O2/c1-25-17-11-16(14-24-20-8-4-6-10-22-20)18(26-2)12-15(17)13-23-19-7-3-5-9-21-19/h3-12H,13-14H2,1-2H3,(H,21,23)(H,22,24). The third-order valence-corrected chi connectivity index (χ3v) is 3.93. The van der Waals surface area contributed by atoms with Gasteiger partial charge in [-0.3, -0.25) is 0 Å². The molecule has 0 radical (unpaired) electrons. The highest BCUT2D eigenvalue weighted by Crippen LogP contribution is 2.30. The van der Waals surface area contributed by atoms with Crippen LogP contribution in [0.2, 0.25) is 0 Å². The highest BCUT2D eigenvalue weighted by Gasteiger charge is 2.11. The quantitative estimate of drug-likeness (QED) is 0.645. The first-order valence-corrected chi connectivity index (χ1v) is 8.33. The lowest BCUT2D eigenvalue weighted by Gasteiger charge is -2.16. The van der Waals surface area contributed by atoms with E-state index in [4.69, 9.17) is 9.47 Å². The number of aromatic nitrogens is 2. The van der Waals surface area contributed by atoms with Gasteiger partial charge in [-0.2, -0.15) is 0 Å². The zero-order valence-electron chi connectivity index (χ0n) is 14.9. The van der Waals surface area contributed by atoms with Crippen molar-refractivity contribution < 1.29 is 9.47 Å². The van der Waals surface area contributed by atoms with Gasteiger partial charge in [0.15, 0.2) is 0 Å². The minimum Gasteiger partial charge on any atom is -0.496 e. The monoisotopic (exact) mass is 350 g/mol. The minimum absolute atomic E-state index is 0.588. The average molecular weight is 350 g/mol. The van der Waals surface area contributed by atoms with Gasteiger partial charge in [0.05, 0.1) is 14.2 Å². The molecule has 6 heteroatoms. The third kappa shape index (κ3) is 4.42. The van der Waals surface area contributed by atoms with E-state index < -0.39 is 0 Å². The number of pyridine rings is 2. The molecule has 134 valence electrons. The van der Waals surface area contributed by atoms with E-state index in [9.17, 15) is 0 Å². The highest BCUT2D eigenvalue weighted by molar-refractivity contribution is 5.49. The van der Waals surface area contributed by atoms with Gasteiger partial charge in [-0.05, 0) is 36.4 Å². The topological polar surface area (TPSA) is 68.3 Å². The van der Waals surface area contributed by atoms with E-state index in [0.717, 1.165) is 34.3 Å². The van der Waals surface area contributed by atoms with Crippen LogP contribution in [0, 0.1) is 0 Å². The Morgan fingerprint density at radius 1 is 0.731 bits per heavy atom. The van der Waals surface area contributed by atoms with Crippen molar-refractivity contribution >= 4 is 11.6 Å². The smallest absolute Gasteiger partial charge is 0.126 e. The normalized spacial score (nSPS) is 10.2. The van der Waals surface area contributed by atoms with Gasteiger partial charge >= 0.3 is 0 Å². The largest absolute Gasteiger partial charge is 0.496 e. The number of methoxy groups -OCH3 is 2. The molecule has 26 heavy (non-hydrogen) atoms. The second-order valence-corrected chi connectivity index (χ2v) is 5.61. The molecule has 0 aliphatic heterocycles. The van der Waals surface area contributed by atoms with Crippen LogP contribution in [0.4, 0.5) is 11.6 Å². The fourth-order valence-corrected chi connectivity index (χ4v) is 2.61. The molecule has 0 aliphatic carbocycles. The number of rotatable bonds is 8. The maximum Gasteiger partial charge on any atom is 0.126 e. The number of nitrogens with one attached hydrogen (secondary N) is 2.